The fraction of sp³-hybridized carbons (Fsp3) is 0.609. The number of allylic oxidation sites excluding steroid dienone is 1. The molecule has 2 unspecified atom stereocenters. The van der Waals surface area contributed by atoms with Crippen molar-refractivity contribution in [1.82, 2.24) is 4.31 Å². The average Bonchev–Trinajstić information content (AvgIpc) is 2.87. The van der Waals surface area contributed by atoms with Crippen molar-refractivity contribution >= 4 is 15.8 Å². The number of carbonyl (C=O) groups excluding carboxylic acids is 1. The largest absolute Gasteiger partial charge is 0.299 e. The Morgan fingerprint density at radius 1 is 1.11 bits per heavy atom. The molecule has 0 spiro atoms. The summed E-state index contributed by atoms with van der Waals surface area (Å²) in [6.45, 7) is 9.07. The molecule has 1 aliphatic carbocycles. The first-order valence-electron chi connectivity index (χ1n) is 10.5. The number of sulfonamides is 1. The Morgan fingerprint density at radius 3 is 2.29 bits per heavy atom. The van der Waals surface area contributed by atoms with E-state index in [9.17, 15) is 13.2 Å². The number of ketones is 1. The van der Waals surface area contributed by atoms with Crippen molar-refractivity contribution in [2.24, 2.45) is 11.3 Å². The maximum Gasteiger partial charge on any atom is 0.243 e. The summed E-state index contributed by atoms with van der Waals surface area (Å²) in [5.74, 6) is -0.0565. The first-order valence-corrected chi connectivity index (χ1v) is 11.9. The van der Waals surface area contributed by atoms with Crippen LogP contribution >= 0.6 is 0 Å². The lowest BCUT2D eigenvalue weighted by atomic mass is 9.68. The molecule has 0 amide bonds. The van der Waals surface area contributed by atoms with E-state index in [1.165, 1.54) is 11.1 Å². The Kier molecular flexibility index (Phi) is 6.16. The standard InChI is InChI=1S/C23H33NO3S/c1-5-7-18(8-6-2)20-13-23(4)14-22(25)21(20)15-24(16-23)28(26,27)19-11-9-17(3)10-12-19/h9-12,21H,5-8,13-16H2,1-4H3. The zero-order valence-corrected chi connectivity index (χ0v) is 18.4. The van der Waals surface area contributed by atoms with Crippen molar-refractivity contribution in [3.05, 3.63) is 41.0 Å². The van der Waals surface area contributed by atoms with E-state index in [2.05, 4.69) is 20.8 Å². The molecule has 2 heterocycles. The molecule has 3 aliphatic rings. The molecule has 4 nitrogen and oxygen atoms in total. The highest BCUT2D eigenvalue weighted by Gasteiger charge is 2.48. The number of benzene rings is 1. The van der Waals surface area contributed by atoms with Crippen LogP contribution in [0.3, 0.4) is 0 Å². The van der Waals surface area contributed by atoms with Gasteiger partial charge in [-0.1, -0.05) is 62.5 Å². The lowest BCUT2D eigenvalue weighted by molar-refractivity contribution is -0.124. The topological polar surface area (TPSA) is 54.5 Å². The minimum absolute atomic E-state index is 0.218. The predicted octanol–water partition coefficient (Wildman–Crippen LogP) is 4.88. The number of hydrogen-bond donors (Lipinski definition) is 0. The van der Waals surface area contributed by atoms with Crippen molar-refractivity contribution < 1.29 is 13.2 Å². The van der Waals surface area contributed by atoms with Crippen LogP contribution in [-0.2, 0) is 14.8 Å². The molecule has 4 rings (SSSR count). The van der Waals surface area contributed by atoms with E-state index >= 15 is 0 Å². The van der Waals surface area contributed by atoms with Crippen LogP contribution in [-0.4, -0.2) is 31.6 Å². The normalized spacial score (nSPS) is 25.8. The molecule has 1 saturated carbocycles. The van der Waals surface area contributed by atoms with Gasteiger partial charge in [0.15, 0.2) is 0 Å². The fourth-order valence-electron chi connectivity index (χ4n) is 4.86. The molecule has 0 N–H and O–H groups in total. The molecule has 2 bridgehead atoms. The molecule has 5 heteroatoms. The summed E-state index contributed by atoms with van der Waals surface area (Å²) in [4.78, 5) is 13.3. The first kappa shape index (κ1) is 21.3. The van der Waals surface area contributed by atoms with Gasteiger partial charge in [0, 0.05) is 19.5 Å². The van der Waals surface area contributed by atoms with Crippen LogP contribution < -0.4 is 0 Å². The Hall–Kier alpha value is -1.46. The number of fused-ring (bicyclic) bond motifs is 4. The van der Waals surface area contributed by atoms with E-state index in [1.807, 2.05) is 19.1 Å². The van der Waals surface area contributed by atoms with Crippen molar-refractivity contribution in [1.29, 1.82) is 0 Å². The fourth-order valence-corrected chi connectivity index (χ4v) is 6.47. The van der Waals surface area contributed by atoms with Gasteiger partial charge >= 0.3 is 0 Å². The van der Waals surface area contributed by atoms with Gasteiger partial charge in [-0.3, -0.25) is 4.79 Å². The Labute approximate surface area is 170 Å². The maximum atomic E-state index is 13.3. The number of aryl methyl sites for hydroxylation is 1. The Morgan fingerprint density at radius 2 is 1.71 bits per heavy atom. The van der Waals surface area contributed by atoms with Gasteiger partial charge in [-0.25, -0.2) is 8.42 Å². The van der Waals surface area contributed by atoms with Gasteiger partial charge in [-0.05, 0) is 43.7 Å². The van der Waals surface area contributed by atoms with Crippen molar-refractivity contribution in [3.63, 3.8) is 0 Å². The molecule has 2 saturated heterocycles. The van der Waals surface area contributed by atoms with E-state index < -0.39 is 10.0 Å². The summed E-state index contributed by atoms with van der Waals surface area (Å²) >= 11 is 0. The third kappa shape index (κ3) is 4.11. The van der Waals surface area contributed by atoms with E-state index in [0.717, 1.165) is 37.7 Å². The summed E-state index contributed by atoms with van der Waals surface area (Å²) in [5.41, 5.74) is 3.35. The summed E-state index contributed by atoms with van der Waals surface area (Å²) in [5, 5.41) is 0. The monoisotopic (exact) mass is 403 g/mol. The summed E-state index contributed by atoms with van der Waals surface area (Å²) in [6.07, 6.45) is 5.45. The highest BCUT2D eigenvalue weighted by Crippen LogP contribution is 2.47. The van der Waals surface area contributed by atoms with Crippen LogP contribution in [0, 0.1) is 18.3 Å². The van der Waals surface area contributed by atoms with Crippen LogP contribution in [0.5, 0.6) is 0 Å². The number of Topliss-reactive ketones (excluding diaryl/α,β-unsaturated/α-hetero) is 1. The lowest BCUT2D eigenvalue weighted by Crippen LogP contribution is -2.37. The van der Waals surface area contributed by atoms with Crippen LogP contribution in [0.15, 0.2) is 40.3 Å². The SMILES string of the molecule is CCCC(CCC)=C1CC2(C)CC(=O)C1CN(S(=O)(=O)c1ccc(C)cc1)C2. The van der Waals surface area contributed by atoms with Gasteiger partial charge in [0.2, 0.25) is 10.0 Å². The van der Waals surface area contributed by atoms with Crippen LogP contribution in [0.25, 0.3) is 0 Å². The van der Waals surface area contributed by atoms with Gasteiger partial charge in [0.1, 0.15) is 5.78 Å². The van der Waals surface area contributed by atoms with Crippen LogP contribution in [0.2, 0.25) is 0 Å². The smallest absolute Gasteiger partial charge is 0.243 e. The number of nitrogens with zero attached hydrogens (tertiary/aromatic N) is 1. The zero-order valence-electron chi connectivity index (χ0n) is 17.6. The third-order valence-corrected chi connectivity index (χ3v) is 8.01. The summed E-state index contributed by atoms with van der Waals surface area (Å²) in [7, 11) is -3.60. The first-order chi connectivity index (χ1) is 13.2. The molecule has 154 valence electrons. The number of rotatable bonds is 6. The van der Waals surface area contributed by atoms with Gasteiger partial charge < -0.3 is 0 Å². The molecule has 28 heavy (non-hydrogen) atoms. The maximum absolute atomic E-state index is 13.3. The molecule has 0 aromatic heterocycles. The molecule has 3 fully saturated rings. The second-order valence-electron chi connectivity index (χ2n) is 8.92. The van der Waals surface area contributed by atoms with Crippen molar-refractivity contribution in [2.45, 2.75) is 71.1 Å². The molecular formula is C23H33NO3S. The van der Waals surface area contributed by atoms with Crippen molar-refractivity contribution in [3.8, 4) is 0 Å². The Balaban J connectivity index is 2.02. The molecule has 0 radical (unpaired) electrons. The van der Waals surface area contributed by atoms with Crippen LogP contribution in [0.1, 0.15) is 64.9 Å². The minimum Gasteiger partial charge on any atom is -0.299 e. The van der Waals surface area contributed by atoms with Gasteiger partial charge in [0.25, 0.3) is 0 Å². The number of carbonyl (C=O) groups is 1. The predicted molar refractivity (Wildman–Crippen MR) is 113 cm³/mol. The second-order valence-corrected chi connectivity index (χ2v) is 10.9. The van der Waals surface area contributed by atoms with E-state index in [0.29, 0.717) is 17.9 Å². The molecule has 2 aliphatic heterocycles. The average molecular weight is 404 g/mol. The highest BCUT2D eigenvalue weighted by atomic mass is 32.2. The Bertz CT molecular complexity index is 862. The van der Waals surface area contributed by atoms with E-state index in [-0.39, 0.29) is 23.7 Å². The van der Waals surface area contributed by atoms with Gasteiger partial charge in [-0.2, -0.15) is 4.31 Å². The zero-order chi connectivity index (χ0) is 20.5. The summed E-state index contributed by atoms with van der Waals surface area (Å²) < 4.78 is 28.3. The number of hydrogen-bond acceptors (Lipinski definition) is 3. The van der Waals surface area contributed by atoms with Crippen molar-refractivity contribution in [2.75, 3.05) is 13.1 Å². The lowest BCUT2D eigenvalue weighted by Gasteiger charge is -2.35. The minimum atomic E-state index is -3.60. The molecule has 2 atom stereocenters. The molecule has 1 aromatic rings. The third-order valence-electron chi connectivity index (χ3n) is 6.19. The summed E-state index contributed by atoms with van der Waals surface area (Å²) in [6, 6.07) is 7.02. The second kappa shape index (κ2) is 8.11. The molecular weight excluding hydrogens is 370 g/mol. The molecule has 1 aromatic carbocycles. The highest BCUT2D eigenvalue weighted by molar-refractivity contribution is 7.89. The quantitative estimate of drug-likeness (QED) is 0.636. The van der Waals surface area contributed by atoms with E-state index in [4.69, 9.17) is 0 Å². The van der Waals surface area contributed by atoms with Crippen LogP contribution in [0.4, 0.5) is 0 Å². The van der Waals surface area contributed by atoms with Gasteiger partial charge in [0.05, 0.1) is 10.8 Å². The van der Waals surface area contributed by atoms with Gasteiger partial charge in [-0.15, -0.1) is 0 Å². The van der Waals surface area contributed by atoms with E-state index in [1.54, 1.807) is 16.4 Å².